The Morgan fingerprint density at radius 2 is 1.84 bits per heavy atom. The smallest absolute Gasteiger partial charge is 0.414 e. The van der Waals surface area contributed by atoms with Crippen LogP contribution in [0.1, 0.15) is 43.9 Å². The van der Waals surface area contributed by atoms with E-state index in [0.717, 1.165) is 37.1 Å². The number of benzene rings is 2. The fraction of sp³-hybridized carbons (Fsp3) is 0.409. The lowest BCUT2D eigenvalue weighted by atomic mass is 9.86. The maximum absolute atomic E-state index is 12.6. The average Bonchev–Trinajstić information content (AvgIpc) is 2.58. The molecule has 1 aliphatic rings. The Hall–Kier alpha value is -2.29. The molecular formula is C22H27NO2. The van der Waals surface area contributed by atoms with Crippen molar-refractivity contribution in [3.8, 4) is 0 Å². The first-order valence-corrected chi connectivity index (χ1v) is 9.02. The second kappa shape index (κ2) is 7.30. The van der Waals surface area contributed by atoms with Crippen molar-refractivity contribution in [2.45, 2.75) is 46.6 Å². The van der Waals surface area contributed by atoms with Crippen molar-refractivity contribution < 1.29 is 9.53 Å². The maximum Gasteiger partial charge on any atom is 0.414 e. The van der Waals surface area contributed by atoms with Gasteiger partial charge in [-0.2, -0.15) is 0 Å². The molecule has 3 heteroatoms. The lowest BCUT2D eigenvalue weighted by Crippen LogP contribution is -2.36. The largest absolute Gasteiger partial charge is 0.444 e. The molecule has 0 unspecified atom stereocenters. The van der Waals surface area contributed by atoms with Crippen LogP contribution < -0.4 is 4.90 Å². The van der Waals surface area contributed by atoms with Gasteiger partial charge < -0.3 is 4.74 Å². The molecule has 0 fully saturated rings. The molecule has 0 N–H and O–H groups in total. The summed E-state index contributed by atoms with van der Waals surface area (Å²) in [7, 11) is 0. The Bertz CT molecular complexity index is 731. The van der Waals surface area contributed by atoms with E-state index in [2.05, 4.69) is 39.0 Å². The fourth-order valence-corrected chi connectivity index (χ4v) is 3.36. The summed E-state index contributed by atoms with van der Waals surface area (Å²) in [5, 5.41) is 0. The Balaban J connectivity index is 1.71. The predicted molar refractivity (Wildman–Crippen MR) is 102 cm³/mol. The quantitative estimate of drug-likeness (QED) is 0.754. The van der Waals surface area contributed by atoms with Gasteiger partial charge >= 0.3 is 6.09 Å². The van der Waals surface area contributed by atoms with Crippen LogP contribution in [0.4, 0.5) is 10.5 Å². The van der Waals surface area contributed by atoms with Gasteiger partial charge in [0.25, 0.3) is 0 Å². The van der Waals surface area contributed by atoms with Crippen molar-refractivity contribution in [1.29, 1.82) is 0 Å². The average molecular weight is 337 g/mol. The normalized spacial score (nSPS) is 14.1. The number of hydrogen-bond acceptors (Lipinski definition) is 2. The molecule has 1 aliphatic heterocycles. The third-order valence-electron chi connectivity index (χ3n) is 4.42. The first kappa shape index (κ1) is 17.5. The number of fused-ring (bicyclic) bond motifs is 1. The van der Waals surface area contributed by atoms with Crippen molar-refractivity contribution in [2.24, 2.45) is 5.41 Å². The van der Waals surface area contributed by atoms with Crippen molar-refractivity contribution in [3.05, 3.63) is 65.2 Å². The molecule has 0 saturated heterocycles. The third kappa shape index (κ3) is 4.62. The second-order valence-corrected chi connectivity index (χ2v) is 8.00. The first-order chi connectivity index (χ1) is 11.9. The van der Waals surface area contributed by atoms with E-state index in [1.807, 2.05) is 30.3 Å². The predicted octanol–water partition coefficient (Wildman–Crippen LogP) is 5.36. The summed E-state index contributed by atoms with van der Waals surface area (Å²) in [6, 6.07) is 16.3. The highest BCUT2D eigenvalue weighted by atomic mass is 16.6. The highest BCUT2D eigenvalue weighted by Crippen LogP contribution is 2.31. The monoisotopic (exact) mass is 337 g/mol. The van der Waals surface area contributed by atoms with Crippen LogP contribution in [0.3, 0.4) is 0 Å². The van der Waals surface area contributed by atoms with Gasteiger partial charge in [-0.25, -0.2) is 4.79 Å². The number of nitrogens with zero attached hydrogens (tertiary/aromatic N) is 1. The van der Waals surface area contributed by atoms with E-state index < -0.39 is 0 Å². The van der Waals surface area contributed by atoms with Crippen LogP contribution in [0.15, 0.2) is 48.5 Å². The summed E-state index contributed by atoms with van der Waals surface area (Å²) in [6.07, 6.45) is 2.79. The van der Waals surface area contributed by atoms with Gasteiger partial charge in [0.05, 0.1) is 5.69 Å². The number of aryl methyl sites for hydroxylation is 1. The van der Waals surface area contributed by atoms with Crippen molar-refractivity contribution in [3.63, 3.8) is 0 Å². The zero-order valence-electron chi connectivity index (χ0n) is 15.4. The molecule has 0 aromatic heterocycles. The molecule has 2 aromatic rings. The number of anilines is 1. The van der Waals surface area contributed by atoms with E-state index >= 15 is 0 Å². The summed E-state index contributed by atoms with van der Waals surface area (Å²) in [5.41, 5.74) is 4.86. The minimum absolute atomic E-state index is 0.256. The summed E-state index contributed by atoms with van der Waals surface area (Å²) in [4.78, 5) is 14.3. The van der Waals surface area contributed by atoms with Gasteiger partial charge in [0.2, 0.25) is 0 Å². The minimum Gasteiger partial charge on any atom is -0.444 e. The Morgan fingerprint density at radius 3 is 2.56 bits per heavy atom. The number of carbonyl (C=O) groups is 1. The van der Waals surface area contributed by atoms with Gasteiger partial charge in [-0.1, -0.05) is 63.2 Å². The van der Waals surface area contributed by atoms with E-state index in [1.165, 1.54) is 11.1 Å². The molecule has 0 bridgehead atoms. The second-order valence-electron chi connectivity index (χ2n) is 8.00. The Kier molecular flexibility index (Phi) is 5.12. The van der Waals surface area contributed by atoms with Gasteiger partial charge in [0.15, 0.2) is 0 Å². The number of carbonyl (C=O) groups excluding carboxylic acids is 1. The van der Waals surface area contributed by atoms with E-state index in [-0.39, 0.29) is 11.5 Å². The van der Waals surface area contributed by atoms with Crippen LogP contribution >= 0.6 is 0 Å². The topological polar surface area (TPSA) is 29.5 Å². The van der Waals surface area contributed by atoms with Crippen LogP contribution in [0, 0.1) is 5.41 Å². The molecule has 3 nitrogen and oxygen atoms in total. The first-order valence-electron chi connectivity index (χ1n) is 9.02. The molecule has 3 rings (SSSR count). The van der Waals surface area contributed by atoms with Crippen LogP contribution in [0.2, 0.25) is 0 Å². The van der Waals surface area contributed by atoms with E-state index in [1.54, 1.807) is 4.90 Å². The number of ether oxygens (including phenoxy) is 1. The molecule has 2 aromatic carbocycles. The summed E-state index contributed by atoms with van der Waals surface area (Å²) < 4.78 is 5.52. The minimum atomic E-state index is -0.256. The highest BCUT2D eigenvalue weighted by Gasteiger charge is 2.24. The molecular weight excluding hydrogens is 310 g/mol. The van der Waals surface area contributed by atoms with Gasteiger partial charge in [-0.3, -0.25) is 4.90 Å². The van der Waals surface area contributed by atoms with Crippen molar-refractivity contribution in [2.75, 3.05) is 11.4 Å². The van der Waals surface area contributed by atoms with Gasteiger partial charge in [-0.05, 0) is 47.4 Å². The molecule has 0 radical (unpaired) electrons. The van der Waals surface area contributed by atoms with Gasteiger partial charge in [0.1, 0.15) is 6.61 Å². The summed E-state index contributed by atoms with van der Waals surface area (Å²) in [6.45, 7) is 7.78. The zero-order valence-corrected chi connectivity index (χ0v) is 15.4. The van der Waals surface area contributed by atoms with Gasteiger partial charge in [-0.15, -0.1) is 0 Å². The maximum atomic E-state index is 12.6. The fourth-order valence-electron chi connectivity index (χ4n) is 3.36. The molecule has 0 aliphatic carbocycles. The van der Waals surface area contributed by atoms with Crippen LogP contribution in [0.25, 0.3) is 0 Å². The lowest BCUT2D eigenvalue weighted by Gasteiger charge is -2.29. The molecule has 0 atom stereocenters. The van der Waals surface area contributed by atoms with E-state index in [4.69, 9.17) is 4.74 Å². The van der Waals surface area contributed by atoms with Crippen LogP contribution in [0.5, 0.6) is 0 Å². The molecule has 0 spiro atoms. The lowest BCUT2D eigenvalue weighted by molar-refractivity contribution is 0.146. The summed E-state index contributed by atoms with van der Waals surface area (Å²) in [5.74, 6) is 0. The number of rotatable bonds is 3. The SMILES string of the molecule is CC(C)(C)Cc1ccc2c(c1)CCCN2C(=O)OCc1ccccc1. The molecule has 0 saturated carbocycles. The highest BCUT2D eigenvalue weighted by molar-refractivity contribution is 5.89. The molecule has 1 amide bonds. The summed E-state index contributed by atoms with van der Waals surface area (Å²) >= 11 is 0. The van der Waals surface area contributed by atoms with Crippen molar-refractivity contribution in [1.82, 2.24) is 0 Å². The molecule has 1 heterocycles. The molecule has 25 heavy (non-hydrogen) atoms. The van der Waals surface area contributed by atoms with Crippen LogP contribution in [-0.2, 0) is 24.2 Å². The Morgan fingerprint density at radius 1 is 1.08 bits per heavy atom. The number of amides is 1. The van der Waals surface area contributed by atoms with Gasteiger partial charge in [0, 0.05) is 6.54 Å². The zero-order chi connectivity index (χ0) is 17.9. The number of hydrogen-bond donors (Lipinski definition) is 0. The van der Waals surface area contributed by atoms with E-state index in [0.29, 0.717) is 6.61 Å². The van der Waals surface area contributed by atoms with Crippen LogP contribution in [-0.4, -0.2) is 12.6 Å². The van der Waals surface area contributed by atoms with Crippen molar-refractivity contribution >= 4 is 11.8 Å². The Labute approximate surface area is 150 Å². The third-order valence-corrected chi connectivity index (χ3v) is 4.42. The molecule has 132 valence electrons. The van der Waals surface area contributed by atoms with E-state index in [9.17, 15) is 4.79 Å². The standard InChI is InChI=1S/C22H27NO2/c1-22(2,3)15-18-11-12-20-19(14-18)10-7-13-23(20)21(24)25-16-17-8-5-4-6-9-17/h4-6,8-9,11-12,14H,7,10,13,15-16H2,1-3H3.